The van der Waals surface area contributed by atoms with E-state index in [-0.39, 0.29) is 34.1 Å². The van der Waals surface area contributed by atoms with Crippen molar-refractivity contribution in [1.82, 2.24) is 121 Å². The molecule has 144 heavy (non-hydrogen) atoms. The van der Waals surface area contributed by atoms with Crippen molar-refractivity contribution >= 4 is 29.0 Å². The van der Waals surface area contributed by atoms with Crippen LogP contribution in [0.15, 0.2) is 365 Å². The maximum absolute atomic E-state index is 9.75. The molecule has 48 heteroatoms. The van der Waals surface area contributed by atoms with Gasteiger partial charge in [-0.05, 0) is 218 Å². The molecular formula is C96H70B4F16Fe2N26. The van der Waals surface area contributed by atoms with E-state index in [0.717, 1.165) is 182 Å². The van der Waals surface area contributed by atoms with Gasteiger partial charge in [0.2, 0.25) is 0 Å². The summed E-state index contributed by atoms with van der Waals surface area (Å²) in [5.74, 6) is 0. The first-order chi connectivity index (χ1) is 68.3. The molecule has 0 atom stereocenters. The van der Waals surface area contributed by atoms with Crippen LogP contribution in [0.1, 0.15) is 13.8 Å². The number of hydrogen-bond donors (Lipinski definition) is 4. The van der Waals surface area contributed by atoms with Crippen LogP contribution in [-0.4, -0.2) is 150 Å². The zero-order chi connectivity index (χ0) is 101. The molecule has 26 nitrogen and oxygen atoms in total. The van der Waals surface area contributed by atoms with E-state index in [2.05, 4.69) is 80.7 Å². The normalized spacial score (nSPS) is 10.4. The van der Waals surface area contributed by atoms with Crippen molar-refractivity contribution in [3.05, 3.63) is 365 Å². The first-order valence-electron chi connectivity index (χ1n) is 41.7. The molecule has 0 aliphatic carbocycles. The third-order valence-electron chi connectivity index (χ3n) is 17.9. The van der Waals surface area contributed by atoms with Gasteiger partial charge in [-0.25, -0.2) is 39.9 Å². The zero-order valence-electron chi connectivity index (χ0n) is 74.5. The summed E-state index contributed by atoms with van der Waals surface area (Å²) in [5, 5.41) is 44.7. The number of hydrogen-bond acceptors (Lipinski definition) is 22. The van der Waals surface area contributed by atoms with Crippen molar-refractivity contribution in [2.24, 2.45) is 0 Å². The summed E-state index contributed by atoms with van der Waals surface area (Å²) < 4.78 is 156. The summed E-state index contributed by atoms with van der Waals surface area (Å²) in [6.07, 6.45) is 14.1. The fraction of sp³-hybridized carbons (Fsp3) is 0.0208. The molecule has 0 radical (unpaired) electrons. The van der Waals surface area contributed by atoms with Crippen molar-refractivity contribution in [3.63, 3.8) is 0 Å². The van der Waals surface area contributed by atoms with Gasteiger partial charge in [0, 0.05) is 63.4 Å². The Morgan fingerprint density at radius 1 is 0.174 bits per heavy atom. The molecule has 0 saturated heterocycles. The first kappa shape index (κ1) is 110. The second-order valence-electron chi connectivity index (χ2n) is 28.1. The van der Waals surface area contributed by atoms with Gasteiger partial charge in [-0.3, -0.25) is 60.3 Å². The predicted octanol–water partition coefficient (Wildman–Crippen LogP) is 24.9. The minimum Gasteiger partial charge on any atom is -0.418 e. The van der Waals surface area contributed by atoms with Crippen LogP contribution >= 0.6 is 0 Å². The minimum atomic E-state index is -6.00. The molecule has 724 valence electrons. The summed E-state index contributed by atoms with van der Waals surface area (Å²) in [6, 6.07) is 104. The van der Waals surface area contributed by atoms with Crippen LogP contribution < -0.4 is 0 Å². The standard InChI is InChI=1S/4C23H16N6.2C2H3N.4BF4.2Fe/c4*1-3-13-24-16(7-1)18-9-5-11-20(26-18)22-15-23(29-28-22)21-12-6-10-19(27-21)17-8-2-4-14-25-17;2*1-2-3;4*2-1(3,4)5;;/h4*1-15H,(H,28,29);2*1H3;;;;;;/q;;;;;;4*-1;2*+2. The van der Waals surface area contributed by atoms with E-state index < -0.39 is 29.0 Å². The van der Waals surface area contributed by atoms with Crippen LogP contribution in [0.5, 0.6) is 0 Å². The van der Waals surface area contributed by atoms with Crippen molar-refractivity contribution in [3.8, 4) is 194 Å². The van der Waals surface area contributed by atoms with Gasteiger partial charge in [0.1, 0.15) is 22.8 Å². The first-order valence-corrected chi connectivity index (χ1v) is 41.7. The Balaban J connectivity index is 0.000000196. The molecule has 0 saturated carbocycles. The maximum Gasteiger partial charge on any atom is 2.00 e. The van der Waals surface area contributed by atoms with Crippen molar-refractivity contribution in [2.45, 2.75) is 13.8 Å². The number of rotatable bonds is 16. The van der Waals surface area contributed by atoms with Gasteiger partial charge >= 0.3 is 63.2 Å². The Labute approximate surface area is 831 Å². The zero-order valence-corrected chi connectivity index (χ0v) is 76.8. The SMILES string of the molecule is CC#N.CC#N.F[B-](F)(F)F.F[B-](F)(F)F.F[B-](F)(F)F.F[B-](F)(F)F.[Fe+2].[Fe+2].c1ccc(-c2cccc(-c3cc(-c4cccc(-c5ccccn5)n4)[nH]n3)n2)nc1.c1ccc(-c2cccc(-c3cc(-c4cccc(-c5ccccn5)n4)[nH]n3)n2)nc1.c1ccc(-c2cccc(-c3cc(-c4cccc(-c5ccccn5)n4)[nH]n3)n2)nc1.c1ccc(-c2cccc(-c3cc(-c4cccc(-c5ccccn5)n4)[nH]n3)n2)nc1. The quantitative estimate of drug-likeness (QED) is 0.0515. The second kappa shape index (κ2) is 54.7. The van der Waals surface area contributed by atoms with E-state index in [1.807, 2.05) is 315 Å². The molecule has 0 aliphatic heterocycles. The Kier molecular flexibility index (Phi) is 41.8. The average Bonchev–Trinajstić information content (AvgIpc) is 1.69. The molecule has 20 aromatic heterocycles. The Morgan fingerprint density at radius 3 is 0.396 bits per heavy atom. The molecule has 0 amide bonds. The van der Waals surface area contributed by atoms with Gasteiger partial charge in [0.15, 0.2) is 0 Å². The topological polar surface area (TPSA) is 369 Å². The molecule has 0 spiro atoms. The smallest absolute Gasteiger partial charge is 0.418 e. The fourth-order valence-corrected chi connectivity index (χ4v) is 12.2. The summed E-state index contributed by atoms with van der Waals surface area (Å²) >= 11 is 0. The van der Waals surface area contributed by atoms with E-state index in [4.69, 9.17) is 50.4 Å². The van der Waals surface area contributed by atoms with Gasteiger partial charge in [0.05, 0.1) is 172 Å². The average molecular weight is 2050 g/mol. The molecule has 20 rings (SSSR count). The summed E-state index contributed by atoms with van der Waals surface area (Å²) in [6.45, 7) is 2.86. The summed E-state index contributed by atoms with van der Waals surface area (Å²) in [4.78, 5) is 72.7. The van der Waals surface area contributed by atoms with Crippen LogP contribution in [-0.2, 0) is 34.1 Å². The van der Waals surface area contributed by atoms with Crippen molar-refractivity contribution < 1.29 is 103 Å². The largest absolute Gasteiger partial charge is 2.00 e. The predicted molar refractivity (Wildman–Crippen MR) is 509 cm³/mol. The fourth-order valence-electron chi connectivity index (χ4n) is 12.2. The molecule has 0 aromatic carbocycles. The van der Waals surface area contributed by atoms with E-state index >= 15 is 0 Å². The number of halogens is 16. The van der Waals surface area contributed by atoms with Crippen LogP contribution in [0.2, 0.25) is 0 Å². The van der Waals surface area contributed by atoms with Crippen LogP contribution in [0.3, 0.4) is 0 Å². The van der Waals surface area contributed by atoms with Crippen LogP contribution in [0, 0.1) is 22.7 Å². The molecule has 0 bridgehead atoms. The monoisotopic (exact) mass is 2050 g/mol. The van der Waals surface area contributed by atoms with Gasteiger partial charge in [-0.1, -0.05) is 97.1 Å². The van der Waals surface area contributed by atoms with Crippen LogP contribution in [0.25, 0.3) is 182 Å². The number of nitrogens with zero attached hydrogens (tertiary/aromatic N) is 22. The van der Waals surface area contributed by atoms with Crippen molar-refractivity contribution in [2.75, 3.05) is 0 Å². The third-order valence-corrected chi connectivity index (χ3v) is 17.9. The van der Waals surface area contributed by atoms with Gasteiger partial charge < -0.3 is 69.1 Å². The molecule has 0 fully saturated rings. The molecule has 0 aliphatic rings. The Morgan fingerprint density at radius 2 is 0.278 bits per heavy atom. The Bertz CT molecular complexity index is 6110. The third kappa shape index (κ3) is 37.0. The maximum atomic E-state index is 9.75. The van der Waals surface area contributed by atoms with Gasteiger partial charge in [0.25, 0.3) is 0 Å². The van der Waals surface area contributed by atoms with Gasteiger partial charge in [-0.2, -0.15) is 30.9 Å². The van der Waals surface area contributed by atoms with E-state index in [1.54, 1.807) is 61.7 Å². The number of aromatic amines is 4. The van der Waals surface area contributed by atoms with E-state index in [0.29, 0.717) is 0 Å². The number of aromatic nitrogens is 24. The summed E-state index contributed by atoms with van der Waals surface area (Å²) in [5.41, 5.74) is 25.7. The minimum absolute atomic E-state index is 0. The molecule has 4 N–H and O–H groups in total. The number of nitriles is 2. The molecule has 20 aromatic rings. The van der Waals surface area contributed by atoms with Gasteiger partial charge in [-0.15, -0.1) is 0 Å². The molecule has 0 unspecified atom stereocenters. The van der Waals surface area contributed by atoms with E-state index in [1.165, 1.54) is 13.8 Å². The number of H-pyrrole nitrogens is 4. The number of nitrogens with one attached hydrogen (secondary N) is 4. The summed E-state index contributed by atoms with van der Waals surface area (Å²) in [7, 11) is -24.0. The van der Waals surface area contributed by atoms with Crippen LogP contribution in [0.4, 0.5) is 69.1 Å². The Hall–Kier alpha value is -17.6. The van der Waals surface area contributed by atoms with E-state index in [9.17, 15) is 69.1 Å². The number of pyridine rings is 16. The molecule has 20 heterocycles. The molecular weight excluding hydrogens is 1980 g/mol. The van der Waals surface area contributed by atoms with Crippen molar-refractivity contribution in [1.29, 1.82) is 10.5 Å². The second-order valence-corrected chi connectivity index (χ2v) is 28.1.